The SMILES string of the molecule is COc1ccc2nccc([C@H](O)C[C@H](C3CC(c4ccc(OC)c(OC)c4)C3)C3CCNCC3C(=O)O)c2c1. The molecule has 5 rings (SSSR count). The molecule has 0 spiro atoms. The summed E-state index contributed by atoms with van der Waals surface area (Å²) >= 11 is 0. The summed E-state index contributed by atoms with van der Waals surface area (Å²) in [5.41, 5.74) is 2.81. The Balaban J connectivity index is 1.41. The molecule has 8 nitrogen and oxygen atoms in total. The number of rotatable bonds is 10. The van der Waals surface area contributed by atoms with Crippen molar-refractivity contribution in [2.24, 2.45) is 23.7 Å². The minimum Gasteiger partial charge on any atom is -0.497 e. The highest BCUT2D eigenvalue weighted by atomic mass is 16.5. The molecule has 2 aliphatic rings. The Bertz CT molecular complexity index is 1310. The number of aliphatic carboxylic acids is 1. The number of piperidine rings is 1. The quantitative estimate of drug-likeness (QED) is 0.340. The van der Waals surface area contributed by atoms with Gasteiger partial charge in [-0.3, -0.25) is 9.78 Å². The van der Waals surface area contributed by atoms with E-state index in [1.165, 1.54) is 5.56 Å². The van der Waals surface area contributed by atoms with Gasteiger partial charge < -0.3 is 29.7 Å². The molecule has 0 radical (unpaired) electrons. The van der Waals surface area contributed by atoms with Crippen molar-refractivity contribution >= 4 is 16.9 Å². The third-order valence-electron chi connectivity index (χ3n) is 8.90. The Kier molecular flexibility index (Phi) is 8.23. The Morgan fingerprint density at radius 3 is 2.56 bits per heavy atom. The minimum atomic E-state index is -0.762. The largest absolute Gasteiger partial charge is 0.497 e. The van der Waals surface area contributed by atoms with Gasteiger partial charge in [0, 0.05) is 18.1 Å². The average molecular weight is 535 g/mol. The molecule has 2 unspecified atom stereocenters. The number of hydrogen-bond donors (Lipinski definition) is 3. The van der Waals surface area contributed by atoms with Crippen LogP contribution >= 0.6 is 0 Å². The Morgan fingerprint density at radius 2 is 1.85 bits per heavy atom. The number of carbonyl (C=O) groups is 1. The van der Waals surface area contributed by atoms with Crippen LogP contribution in [0, 0.1) is 23.7 Å². The van der Waals surface area contributed by atoms with Crippen LogP contribution in [-0.2, 0) is 4.79 Å². The summed E-state index contributed by atoms with van der Waals surface area (Å²) in [4.78, 5) is 16.7. The number of nitrogens with zero attached hydrogens (tertiary/aromatic N) is 1. The lowest BCUT2D eigenvalue weighted by Gasteiger charge is -2.47. The fourth-order valence-electron chi connectivity index (χ4n) is 6.72. The van der Waals surface area contributed by atoms with Crippen LogP contribution in [0.5, 0.6) is 17.2 Å². The molecule has 1 saturated carbocycles. The normalized spacial score (nSPS) is 24.4. The van der Waals surface area contributed by atoms with E-state index in [9.17, 15) is 15.0 Å². The number of benzene rings is 2. The van der Waals surface area contributed by atoms with Crippen LogP contribution in [-0.4, -0.2) is 55.6 Å². The third kappa shape index (κ3) is 5.54. The van der Waals surface area contributed by atoms with E-state index in [1.54, 1.807) is 27.5 Å². The Morgan fingerprint density at radius 1 is 1.05 bits per heavy atom. The first-order chi connectivity index (χ1) is 18.9. The monoisotopic (exact) mass is 534 g/mol. The van der Waals surface area contributed by atoms with E-state index < -0.39 is 18.0 Å². The first-order valence-electron chi connectivity index (χ1n) is 13.7. The molecule has 3 N–H and O–H groups in total. The van der Waals surface area contributed by atoms with Crippen molar-refractivity contribution in [3.8, 4) is 17.2 Å². The number of pyridine rings is 1. The fourth-order valence-corrected chi connectivity index (χ4v) is 6.72. The first kappa shape index (κ1) is 27.2. The molecule has 2 heterocycles. The predicted molar refractivity (Wildman–Crippen MR) is 148 cm³/mol. The van der Waals surface area contributed by atoms with Crippen LogP contribution in [0.2, 0.25) is 0 Å². The maximum absolute atomic E-state index is 12.3. The summed E-state index contributed by atoms with van der Waals surface area (Å²) in [6.45, 7) is 1.26. The van der Waals surface area contributed by atoms with Crippen LogP contribution in [0.15, 0.2) is 48.7 Å². The lowest BCUT2D eigenvalue weighted by Crippen LogP contribution is -2.47. The van der Waals surface area contributed by atoms with Gasteiger partial charge >= 0.3 is 5.97 Å². The van der Waals surface area contributed by atoms with Crippen molar-refractivity contribution in [3.63, 3.8) is 0 Å². The molecule has 8 heteroatoms. The van der Waals surface area contributed by atoms with Crippen molar-refractivity contribution < 1.29 is 29.2 Å². The zero-order chi connectivity index (χ0) is 27.5. The van der Waals surface area contributed by atoms with E-state index >= 15 is 0 Å². The number of aromatic nitrogens is 1. The molecule has 1 saturated heterocycles. The van der Waals surface area contributed by atoms with Gasteiger partial charge in [0.05, 0.1) is 38.9 Å². The number of carboxylic acids is 1. The van der Waals surface area contributed by atoms with Gasteiger partial charge in [-0.05, 0) is 103 Å². The van der Waals surface area contributed by atoms with Gasteiger partial charge in [0.15, 0.2) is 11.5 Å². The van der Waals surface area contributed by atoms with Crippen molar-refractivity contribution in [1.82, 2.24) is 10.3 Å². The minimum absolute atomic E-state index is 0.00242. The van der Waals surface area contributed by atoms with Gasteiger partial charge in [-0.1, -0.05) is 6.07 Å². The maximum Gasteiger partial charge on any atom is 0.308 e. The van der Waals surface area contributed by atoms with E-state index in [0.29, 0.717) is 36.3 Å². The standard InChI is InChI=1S/C31H38N2O6/c1-37-21-5-6-27-25(15-21)23(9-11-33-27)28(34)16-24(22-8-10-32-17-26(22)31(35)36)20-12-19(13-20)18-4-7-29(38-2)30(14-18)39-3/h4-7,9,11,14-15,19-20,22,24,26,28,32,34H,8,10,12-13,16-17H2,1-3H3,(H,35,36)/t19?,20?,22?,24-,26?,28-/m1/s1. The molecule has 2 aromatic carbocycles. The molecule has 1 aliphatic carbocycles. The van der Waals surface area contributed by atoms with Crippen molar-refractivity contribution in [2.75, 3.05) is 34.4 Å². The summed E-state index contributed by atoms with van der Waals surface area (Å²) in [5, 5.41) is 25.8. The molecular weight excluding hydrogens is 496 g/mol. The second kappa shape index (κ2) is 11.8. The lowest BCUT2D eigenvalue weighted by molar-refractivity contribution is -0.146. The van der Waals surface area contributed by atoms with Gasteiger partial charge in [0.1, 0.15) is 5.75 Å². The van der Waals surface area contributed by atoms with E-state index in [4.69, 9.17) is 14.2 Å². The number of ether oxygens (including phenoxy) is 3. The zero-order valence-electron chi connectivity index (χ0n) is 22.8. The number of methoxy groups -OCH3 is 3. The molecule has 1 aromatic heterocycles. The number of nitrogens with one attached hydrogen (secondary N) is 1. The van der Waals surface area contributed by atoms with Crippen molar-refractivity contribution in [3.05, 3.63) is 59.8 Å². The number of hydrogen-bond acceptors (Lipinski definition) is 7. The molecule has 0 amide bonds. The molecule has 1 aliphatic heterocycles. The second-order valence-electron chi connectivity index (χ2n) is 10.8. The second-order valence-corrected chi connectivity index (χ2v) is 10.8. The average Bonchev–Trinajstić information content (AvgIpc) is 2.94. The van der Waals surface area contributed by atoms with Crippen LogP contribution in [0.25, 0.3) is 10.9 Å². The first-order valence-corrected chi connectivity index (χ1v) is 13.7. The molecule has 3 aromatic rings. The third-order valence-corrected chi connectivity index (χ3v) is 8.90. The van der Waals surface area contributed by atoms with Crippen LogP contribution in [0.1, 0.15) is 48.8 Å². The number of aliphatic hydroxyl groups is 1. The highest BCUT2D eigenvalue weighted by Gasteiger charge is 2.45. The summed E-state index contributed by atoms with van der Waals surface area (Å²) in [5.74, 6) is 1.67. The molecule has 208 valence electrons. The van der Waals surface area contributed by atoms with Crippen LogP contribution < -0.4 is 19.5 Å². The number of aliphatic hydroxyl groups excluding tert-OH is 1. The van der Waals surface area contributed by atoms with Gasteiger partial charge in [-0.2, -0.15) is 0 Å². The van der Waals surface area contributed by atoms with E-state index in [2.05, 4.69) is 16.4 Å². The highest BCUT2D eigenvalue weighted by Crippen LogP contribution is 2.52. The topological polar surface area (TPSA) is 110 Å². The number of fused-ring (bicyclic) bond motifs is 1. The van der Waals surface area contributed by atoms with Crippen LogP contribution in [0.3, 0.4) is 0 Å². The van der Waals surface area contributed by atoms with Gasteiger partial charge in [-0.25, -0.2) is 0 Å². The lowest BCUT2D eigenvalue weighted by atomic mass is 9.59. The molecule has 4 atom stereocenters. The van der Waals surface area contributed by atoms with Crippen molar-refractivity contribution in [2.45, 2.75) is 37.7 Å². The number of carboxylic acid groups (broad SMARTS) is 1. The molecular formula is C31H38N2O6. The Hall–Kier alpha value is -3.36. The summed E-state index contributed by atoms with van der Waals surface area (Å²) in [6.07, 6.45) is 4.19. The maximum atomic E-state index is 12.3. The Labute approximate surface area is 229 Å². The van der Waals surface area contributed by atoms with Crippen LogP contribution in [0.4, 0.5) is 0 Å². The summed E-state index contributed by atoms with van der Waals surface area (Å²) in [6, 6.07) is 13.6. The smallest absolute Gasteiger partial charge is 0.308 e. The van der Waals surface area contributed by atoms with Gasteiger partial charge in [0.25, 0.3) is 0 Å². The van der Waals surface area contributed by atoms with Crippen molar-refractivity contribution in [1.29, 1.82) is 0 Å². The van der Waals surface area contributed by atoms with E-state index in [1.807, 2.05) is 36.4 Å². The fraction of sp³-hybridized carbons (Fsp3) is 0.484. The summed E-state index contributed by atoms with van der Waals surface area (Å²) < 4.78 is 16.3. The zero-order valence-corrected chi connectivity index (χ0v) is 22.8. The molecule has 2 fully saturated rings. The van der Waals surface area contributed by atoms with E-state index in [-0.39, 0.29) is 11.8 Å². The predicted octanol–water partition coefficient (Wildman–Crippen LogP) is 4.80. The molecule has 39 heavy (non-hydrogen) atoms. The highest BCUT2D eigenvalue weighted by molar-refractivity contribution is 5.83. The van der Waals surface area contributed by atoms with Gasteiger partial charge in [0.2, 0.25) is 0 Å². The summed E-state index contributed by atoms with van der Waals surface area (Å²) in [7, 11) is 4.90. The van der Waals surface area contributed by atoms with E-state index in [0.717, 1.165) is 48.0 Å². The molecule has 0 bridgehead atoms. The van der Waals surface area contributed by atoms with Gasteiger partial charge in [-0.15, -0.1) is 0 Å².